The minimum atomic E-state index is 0.0688. The molecule has 0 bridgehead atoms. The Morgan fingerprint density at radius 2 is 1.82 bits per heavy atom. The molecule has 0 N–H and O–H groups in total. The zero-order valence-corrected chi connectivity index (χ0v) is 11.2. The maximum Gasteiger partial charge on any atom is 0.328 e. The van der Waals surface area contributed by atoms with E-state index >= 15 is 0 Å². The van der Waals surface area contributed by atoms with Gasteiger partial charge in [-0.15, -0.1) is 0 Å². The summed E-state index contributed by atoms with van der Waals surface area (Å²) in [4.78, 5) is 11.8. The van der Waals surface area contributed by atoms with Crippen molar-refractivity contribution >= 4 is 0 Å². The number of ether oxygens (including phenoxy) is 1. The van der Waals surface area contributed by atoms with Crippen LogP contribution in [-0.2, 0) is 17.8 Å². The van der Waals surface area contributed by atoms with Gasteiger partial charge in [-0.3, -0.25) is 9.13 Å². The summed E-state index contributed by atoms with van der Waals surface area (Å²) in [6, 6.07) is 0. The van der Waals surface area contributed by atoms with Crippen molar-refractivity contribution in [3.8, 4) is 0 Å². The molecule has 0 aliphatic carbocycles. The number of hydrogen-bond donors (Lipinski definition) is 0. The highest BCUT2D eigenvalue weighted by Gasteiger charge is 2.02. The van der Waals surface area contributed by atoms with Gasteiger partial charge in [-0.25, -0.2) is 4.79 Å². The lowest BCUT2D eigenvalue weighted by molar-refractivity contribution is 0.115. The molecule has 0 amide bonds. The molecule has 1 heterocycles. The van der Waals surface area contributed by atoms with Crippen LogP contribution in [0.1, 0.15) is 33.6 Å². The maximum atomic E-state index is 11.8. The van der Waals surface area contributed by atoms with E-state index in [9.17, 15) is 4.79 Å². The van der Waals surface area contributed by atoms with Crippen LogP contribution in [0, 0.1) is 5.92 Å². The van der Waals surface area contributed by atoms with Crippen molar-refractivity contribution in [3.63, 3.8) is 0 Å². The summed E-state index contributed by atoms with van der Waals surface area (Å²) in [6.07, 6.45) is 5.74. The fourth-order valence-corrected chi connectivity index (χ4v) is 1.62. The Hall–Kier alpha value is -1.03. The summed E-state index contributed by atoms with van der Waals surface area (Å²) in [7, 11) is 0. The summed E-state index contributed by atoms with van der Waals surface area (Å²) in [5.41, 5.74) is 0.0688. The van der Waals surface area contributed by atoms with Gasteiger partial charge in [0, 0.05) is 25.5 Å². The van der Waals surface area contributed by atoms with Crippen LogP contribution in [0.15, 0.2) is 17.2 Å². The topological polar surface area (TPSA) is 36.2 Å². The maximum absolute atomic E-state index is 11.8. The quantitative estimate of drug-likeness (QED) is 0.653. The lowest BCUT2D eigenvalue weighted by atomic mass is 10.1. The SMILES string of the molecule is CCCn1ccn(CCOCCC(C)C)c1=O. The summed E-state index contributed by atoms with van der Waals surface area (Å²) in [5, 5.41) is 0. The molecule has 0 aliphatic rings. The van der Waals surface area contributed by atoms with Crippen molar-refractivity contribution in [1.29, 1.82) is 0 Å². The van der Waals surface area contributed by atoms with Gasteiger partial charge in [0.25, 0.3) is 0 Å². The van der Waals surface area contributed by atoms with Crippen LogP contribution in [0.5, 0.6) is 0 Å². The number of aryl methyl sites for hydroxylation is 1. The van der Waals surface area contributed by atoms with Crippen molar-refractivity contribution < 1.29 is 4.74 Å². The zero-order chi connectivity index (χ0) is 12.7. The molecule has 0 spiro atoms. The van der Waals surface area contributed by atoms with Crippen LogP contribution in [-0.4, -0.2) is 22.3 Å². The van der Waals surface area contributed by atoms with Crippen molar-refractivity contribution in [2.75, 3.05) is 13.2 Å². The minimum Gasteiger partial charge on any atom is -0.380 e. The molecule has 0 fully saturated rings. The van der Waals surface area contributed by atoms with Crippen molar-refractivity contribution in [1.82, 2.24) is 9.13 Å². The van der Waals surface area contributed by atoms with E-state index in [0.29, 0.717) is 19.1 Å². The molecule has 17 heavy (non-hydrogen) atoms. The second-order valence-electron chi connectivity index (χ2n) is 4.76. The number of nitrogens with zero attached hydrogens (tertiary/aromatic N) is 2. The van der Waals surface area contributed by atoms with E-state index in [2.05, 4.69) is 20.8 Å². The monoisotopic (exact) mass is 240 g/mol. The van der Waals surface area contributed by atoms with Gasteiger partial charge in [-0.05, 0) is 18.8 Å². The molecule has 0 aromatic carbocycles. The van der Waals surface area contributed by atoms with Gasteiger partial charge in [0.2, 0.25) is 0 Å². The Morgan fingerprint density at radius 1 is 1.18 bits per heavy atom. The zero-order valence-electron chi connectivity index (χ0n) is 11.2. The van der Waals surface area contributed by atoms with Crippen LogP contribution in [0.2, 0.25) is 0 Å². The molecule has 0 unspecified atom stereocenters. The van der Waals surface area contributed by atoms with Gasteiger partial charge in [-0.2, -0.15) is 0 Å². The fourth-order valence-electron chi connectivity index (χ4n) is 1.62. The van der Waals surface area contributed by atoms with Crippen LogP contribution < -0.4 is 5.69 Å². The van der Waals surface area contributed by atoms with Crippen LogP contribution in [0.25, 0.3) is 0 Å². The van der Waals surface area contributed by atoms with E-state index in [0.717, 1.165) is 26.0 Å². The minimum absolute atomic E-state index is 0.0688. The molecule has 1 rings (SSSR count). The van der Waals surface area contributed by atoms with E-state index in [-0.39, 0.29) is 5.69 Å². The third-order valence-corrected chi connectivity index (χ3v) is 2.70. The Balaban J connectivity index is 2.30. The number of aromatic nitrogens is 2. The molecule has 4 nitrogen and oxygen atoms in total. The highest BCUT2D eigenvalue weighted by atomic mass is 16.5. The molecule has 0 aliphatic heterocycles. The standard InChI is InChI=1S/C13H24N2O2/c1-4-6-14-7-8-15(13(14)16)9-11-17-10-5-12(2)3/h7-8,12H,4-6,9-11H2,1-3H3. The first-order chi connectivity index (χ1) is 8.15. The first kappa shape index (κ1) is 14.0. The highest BCUT2D eigenvalue weighted by Crippen LogP contribution is 1.98. The summed E-state index contributed by atoms with van der Waals surface area (Å²) < 4.78 is 8.96. The molecule has 0 saturated carbocycles. The average Bonchev–Trinajstić information content (AvgIpc) is 2.61. The largest absolute Gasteiger partial charge is 0.380 e. The van der Waals surface area contributed by atoms with E-state index in [1.165, 1.54) is 0 Å². The molecule has 0 radical (unpaired) electrons. The predicted molar refractivity (Wildman–Crippen MR) is 69.3 cm³/mol. The smallest absolute Gasteiger partial charge is 0.328 e. The van der Waals surface area contributed by atoms with Crippen LogP contribution >= 0.6 is 0 Å². The number of hydrogen-bond acceptors (Lipinski definition) is 2. The van der Waals surface area contributed by atoms with Gasteiger partial charge in [0.15, 0.2) is 0 Å². The molecule has 1 aromatic heterocycles. The molecular formula is C13H24N2O2. The Bertz CT molecular complexity index is 366. The summed E-state index contributed by atoms with van der Waals surface area (Å²) >= 11 is 0. The molecule has 98 valence electrons. The Kier molecular flexibility index (Phi) is 6.05. The Morgan fingerprint density at radius 3 is 2.41 bits per heavy atom. The molecule has 0 saturated heterocycles. The second-order valence-corrected chi connectivity index (χ2v) is 4.76. The number of rotatable bonds is 8. The fraction of sp³-hybridized carbons (Fsp3) is 0.769. The lowest BCUT2D eigenvalue weighted by Gasteiger charge is -2.06. The normalized spacial score (nSPS) is 11.3. The third kappa shape index (κ3) is 4.77. The van der Waals surface area contributed by atoms with Gasteiger partial charge in [0.05, 0.1) is 13.2 Å². The number of imidazole rings is 1. The van der Waals surface area contributed by atoms with Crippen molar-refractivity contribution in [2.45, 2.75) is 46.7 Å². The Labute approximate surface area is 103 Å². The van der Waals surface area contributed by atoms with E-state index < -0.39 is 0 Å². The van der Waals surface area contributed by atoms with Gasteiger partial charge in [-0.1, -0.05) is 20.8 Å². The van der Waals surface area contributed by atoms with E-state index in [1.54, 1.807) is 9.13 Å². The molecule has 1 aromatic rings. The first-order valence-corrected chi connectivity index (χ1v) is 6.48. The third-order valence-electron chi connectivity index (χ3n) is 2.70. The highest BCUT2D eigenvalue weighted by molar-refractivity contribution is 4.81. The molecule has 0 atom stereocenters. The molecular weight excluding hydrogens is 216 g/mol. The van der Waals surface area contributed by atoms with E-state index in [1.807, 2.05) is 12.4 Å². The van der Waals surface area contributed by atoms with Crippen molar-refractivity contribution in [3.05, 3.63) is 22.9 Å². The first-order valence-electron chi connectivity index (χ1n) is 6.48. The van der Waals surface area contributed by atoms with Gasteiger partial charge >= 0.3 is 5.69 Å². The molecule has 4 heteroatoms. The average molecular weight is 240 g/mol. The van der Waals surface area contributed by atoms with Crippen molar-refractivity contribution in [2.24, 2.45) is 5.92 Å². The van der Waals surface area contributed by atoms with Crippen LogP contribution in [0.4, 0.5) is 0 Å². The predicted octanol–water partition coefficient (Wildman–Crippen LogP) is 2.12. The summed E-state index contributed by atoms with van der Waals surface area (Å²) in [5.74, 6) is 0.670. The van der Waals surface area contributed by atoms with Gasteiger partial charge < -0.3 is 4.74 Å². The van der Waals surface area contributed by atoms with Gasteiger partial charge in [0.1, 0.15) is 0 Å². The lowest BCUT2D eigenvalue weighted by Crippen LogP contribution is -2.25. The van der Waals surface area contributed by atoms with E-state index in [4.69, 9.17) is 4.74 Å². The van der Waals surface area contributed by atoms with Crippen LogP contribution in [0.3, 0.4) is 0 Å². The summed E-state index contributed by atoms with van der Waals surface area (Å²) in [6.45, 7) is 9.26. The second kappa shape index (κ2) is 7.33.